The quantitative estimate of drug-likeness (QED) is 0.772. The van der Waals surface area contributed by atoms with Crippen LogP contribution < -0.4 is 5.32 Å². The van der Waals surface area contributed by atoms with Gasteiger partial charge in [0.25, 0.3) is 0 Å². The number of nitrogens with one attached hydrogen (secondary N) is 1. The van der Waals surface area contributed by atoms with E-state index in [1.807, 2.05) is 0 Å². The number of nitrogens with zero attached hydrogens (tertiary/aromatic N) is 1. The zero-order valence-corrected chi connectivity index (χ0v) is 14.2. The van der Waals surface area contributed by atoms with Gasteiger partial charge in [-0.05, 0) is 57.3 Å². The lowest BCUT2D eigenvalue weighted by molar-refractivity contribution is 0.0959. The number of benzene rings is 1. The minimum atomic E-state index is 0.432. The minimum absolute atomic E-state index is 0.432. The Kier molecular flexibility index (Phi) is 6.25. The fourth-order valence-electron chi connectivity index (χ4n) is 3.19. The van der Waals surface area contributed by atoms with Crippen LogP contribution in [0.25, 0.3) is 0 Å². The van der Waals surface area contributed by atoms with Crippen LogP contribution in [0.4, 0.5) is 0 Å². The van der Waals surface area contributed by atoms with Crippen molar-refractivity contribution in [3.63, 3.8) is 0 Å². The van der Waals surface area contributed by atoms with Crippen molar-refractivity contribution in [2.75, 3.05) is 13.6 Å². The second-order valence-electron chi connectivity index (χ2n) is 6.52. The first-order valence-corrected chi connectivity index (χ1v) is 8.71. The molecule has 2 heteroatoms. The molecule has 0 aromatic heterocycles. The van der Waals surface area contributed by atoms with Gasteiger partial charge in [0.15, 0.2) is 0 Å². The summed E-state index contributed by atoms with van der Waals surface area (Å²) >= 11 is 0. The molecule has 0 bridgehead atoms. The Morgan fingerprint density at radius 3 is 2.33 bits per heavy atom. The lowest BCUT2D eigenvalue weighted by Crippen LogP contribution is -2.48. The Morgan fingerprint density at radius 1 is 1.19 bits per heavy atom. The van der Waals surface area contributed by atoms with Gasteiger partial charge in [-0.3, -0.25) is 4.90 Å². The second-order valence-corrected chi connectivity index (χ2v) is 6.52. The zero-order valence-electron chi connectivity index (χ0n) is 14.2. The molecule has 2 rings (SSSR count). The monoisotopic (exact) mass is 288 g/mol. The Hall–Kier alpha value is -0.860. The third kappa shape index (κ3) is 4.08. The van der Waals surface area contributed by atoms with Crippen LogP contribution in [-0.4, -0.2) is 30.6 Å². The first kappa shape index (κ1) is 16.5. The summed E-state index contributed by atoms with van der Waals surface area (Å²) in [5, 5.41) is 3.77. The fourth-order valence-corrected chi connectivity index (χ4v) is 3.19. The van der Waals surface area contributed by atoms with Crippen LogP contribution in [0, 0.1) is 0 Å². The molecule has 0 aliphatic heterocycles. The topological polar surface area (TPSA) is 15.3 Å². The average Bonchev–Trinajstić information content (AvgIpc) is 2.46. The fraction of sp³-hybridized carbons (Fsp3) is 0.684. The first-order chi connectivity index (χ1) is 10.2. The normalized spacial score (nSPS) is 18.5. The first-order valence-electron chi connectivity index (χ1n) is 8.71. The molecular weight excluding hydrogens is 256 g/mol. The van der Waals surface area contributed by atoms with Crippen molar-refractivity contribution in [2.45, 2.75) is 71.0 Å². The number of hydrogen-bond donors (Lipinski definition) is 1. The van der Waals surface area contributed by atoms with Crippen molar-refractivity contribution in [3.8, 4) is 0 Å². The molecule has 0 spiro atoms. The number of hydrogen-bond acceptors (Lipinski definition) is 2. The van der Waals surface area contributed by atoms with E-state index in [4.69, 9.17) is 0 Å². The molecule has 2 nitrogen and oxygen atoms in total. The summed E-state index contributed by atoms with van der Waals surface area (Å²) in [7, 11) is 2.30. The van der Waals surface area contributed by atoms with Crippen LogP contribution in [0.5, 0.6) is 0 Å². The van der Waals surface area contributed by atoms with Gasteiger partial charge in [-0.15, -0.1) is 0 Å². The third-order valence-electron chi connectivity index (χ3n) is 5.14. The number of aryl methyl sites for hydroxylation is 1. The lowest BCUT2D eigenvalue weighted by Gasteiger charge is -2.42. The van der Waals surface area contributed by atoms with E-state index >= 15 is 0 Å². The van der Waals surface area contributed by atoms with Crippen molar-refractivity contribution in [1.29, 1.82) is 0 Å². The van der Waals surface area contributed by atoms with E-state index in [-0.39, 0.29) is 0 Å². The molecule has 1 saturated carbocycles. The van der Waals surface area contributed by atoms with Gasteiger partial charge in [0.2, 0.25) is 0 Å². The van der Waals surface area contributed by atoms with E-state index in [1.165, 1.54) is 36.8 Å². The molecule has 0 heterocycles. The maximum absolute atomic E-state index is 3.77. The molecule has 118 valence electrons. The summed E-state index contributed by atoms with van der Waals surface area (Å²) in [6, 6.07) is 11.0. The van der Waals surface area contributed by atoms with Crippen molar-refractivity contribution >= 4 is 0 Å². The van der Waals surface area contributed by atoms with Crippen molar-refractivity contribution < 1.29 is 0 Å². The molecule has 0 radical (unpaired) electrons. The van der Waals surface area contributed by atoms with Gasteiger partial charge in [0, 0.05) is 18.1 Å². The Morgan fingerprint density at radius 2 is 1.86 bits per heavy atom. The highest BCUT2D eigenvalue weighted by atomic mass is 15.2. The van der Waals surface area contributed by atoms with E-state index in [1.54, 1.807) is 0 Å². The summed E-state index contributed by atoms with van der Waals surface area (Å²) in [4.78, 5) is 2.59. The summed E-state index contributed by atoms with van der Waals surface area (Å²) in [5.41, 5.74) is 2.85. The Bertz CT molecular complexity index is 408. The molecular formula is C19H32N2. The standard InChI is InChI=1S/C19H32N2/c1-5-14-20-19(15(3)21(4)18-8-7-9-18)17-12-10-16(6-2)11-13-17/h10-13,15,18-20H,5-9,14H2,1-4H3. The molecule has 0 saturated heterocycles. The SMILES string of the molecule is CCCNC(c1ccc(CC)cc1)C(C)N(C)C1CCC1. The van der Waals surface area contributed by atoms with E-state index < -0.39 is 0 Å². The molecule has 1 aliphatic rings. The predicted molar refractivity (Wildman–Crippen MR) is 91.7 cm³/mol. The van der Waals surface area contributed by atoms with Gasteiger partial charge in [-0.2, -0.15) is 0 Å². The average molecular weight is 288 g/mol. The summed E-state index contributed by atoms with van der Waals surface area (Å²) < 4.78 is 0. The molecule has 1 fully saturated rings. The summed E-state index contributed by atoms with van der Waals surface area (Å²) in [6.45, 7) is 7.92. The molecule has 21 heavy (non-hydrogen) atoms. The zero-order chi connectivity index (χ0) is 15.2. The van der Waals surface area contributed by atoms with Crippen LogP contribution in [0.2, 0.25) is 0 Å². The molecule has 1 aromatic carbocycles. The van der Waals surface area contributed by atoms with Crippen molar-refractivity contribution in [3.05, 3.63) is 35.4 Å². The van der Waals surface area contributed by atoms with Gasteiger partial charge in [-0.25, -0.2) is 0 Å². The van der Waals surface area contributed by atoms with Gasteiger partial charge in [0.05, 0.1) is 0 Å². The molecule has 1 N–H and O–H groups in total. The predicted octanol–water partition coefficient (Wildman–Crippen LogP) is 4.16. The molecule has 2 atom stereocenters. The van der Waals surface area contributed by atoms with E-state index in [9.17, 15) is 0 Å². The van der Waals surface area contributed by atoms with Gasteiger partial charge in [0.1, 0.15) is 0 Å². The number of rotatable bonds is 8. The minimum Gasteiger partial charge on any atom is -0.309 e. The number of likely N-dealkylation sites (N-methyl/N-ethyl adjacent to an activating group) is 1. The van der Waals surface area contributed by atoms with Crippen molar-refractivity contribution in [1.82, 2.24) is 10.2 Å². The molecule has 1 aliphatic carbocycles. The van der Waals surface area contributed by atoms with E-state index in [2.05, 4.69) is 62.3 Å². The highest BCUT2D eigenvalue weighted by Gasteiger charge is 2.30. The van der Waals surface area contributed by atoms with Crippen LogP contribution in [-0.2, 0) is 6.42 Å². The highest BCUT2D eigenvalue weighted by molar-refractivity contribution is 5.26. The smallest absolute Gasteiger partial charge is 0.0475 e. The maximum atomic E-state index is 3.77. The van der Waals surface area contributed by atoms with Crippen molar-refractivity contribution in [2.24, 2.45) is 0 Å². The van der Waals surface area contributed by atoms with Gasteiger partial charge >= 0.3 is 0 Å². The summed E-state index contributed by atoms with van der Waals surface area (Å²) in [5.74, 6) is 0. The van der Waals surface area contributed by atoms with E-state index in [0.717, 1.165) is 19.0 Å². The van der Waals surface area contributed by atoms with Crippen LogP contribution in [0.15, 0.2) is 24.3 Å². The molecule has 1 aromatic rings. The third-order valence-corrected chi connectivity index (χ3v) is 5.14. The summed E-state index contributed by atoms with van der Waals surface area (Å²) in [6.07, 6.45) is 6.44. The highest BCUT2D eigenvalue weighted by Crippen LogP contribution is 2.29. The molecule has 2 unspecified atom stereocenters. The Balaban J connectivity index is 2.11. The molecule has 0 amide bonds. The lowest BCUT2D eigenvalue weighted by atomic mass is 9.88. The maximum Gasteiger partial charge on any atom is 0.0475 e. The largest absolute Gasteiger partial charge is 0.309 e. The van der Waals surface area contributed by atoms with Gasteiger partial charge in [-0.1, -0.05) is 44.5 Å². The Labute approximate surface area is 130 Å². The van der Waals surface area contributed by atoms with E-state index in [0.29, 0.717) is 12.1 Å². The van der Waals surface area contributed by atoms with Crippen LogP contribution in [0.3, 0.4) is 0 Å². The second kappa shape index (κ2) is 7.95. The van der Waals surface area contributed by atoms with Crippen LogP contribution >= 0.6 is 0 Å². The van der Waals surface area contributed by atoms with Crippen LogP contribution in [0.1, 0.15) is 63.6 Å². The van der Waals surface area contributed by atoms with Gasteiger partial charge < -0.3 is 5.32 Å².